The van der Waals surface area contributed by atoms with Crippen LogP contribution in [0, 0.1) is 0 Å². The van der Waals surface area contributed by atoms with E-state index in [2.05, 4.69) is 25.4 Å². The number of halogens is 1. The molecule has 1 atom stereocenters. The summed E-state index contributed by atoms with van der Waals surface area (Å²) < 4.78 is 29.1. The molecular formula is C17H16BrN3O4S. The van der Waals surface area contributed by atoms with Crippen LogP contribution >= 0.6 is 15.9 Å². The van der Waals surface area contributed by atoms with Crippen molar-refractivity contribution in [2.24, 2.45) is 9.50 Å². The highest BCUT2D eigenvalue weighted by Gasteiger charge is 2.33. The van der Waals surface area contributed by atoms with Crippen molar-refractivity contribution in [1.29, 1.82) is 0 Å². The van der Waals surface area contributed by atoms with Crippen molar-refractivity contribution in [2.45, 2.75) is 17.9 Å². The van der Waals surface area contributed by atoms with Crippen molar-refractivity contribution in [2.75, 3.05) is 6.61 Å². The van der Waals surface area contributed by atoms with Crippen molar-refractivity contribution in [3.63, 3.8) is 0 Å². The highest BCUT2D eigenvalue weighted by molar-refractivity contribution is 9.10. The Morgan fingerprint density at radius 2 is 2.04 bits per heavy atom. The molecule has 0 spiro atoms. The monoisotopic (exact) mass is 437 g/mol. The number of hydrogen-bond acceptors (Lipinski definition) is 6. The normalized spacial score (nSPS) is 16.3. The zero-order valence-electron chi connectivity index (χ0n) is 13.7. The fourth-order valence-electron chi connectivity index (χ4n) is 2.46. The van der Waals surface area contributed by atoms with Crippen molar-refractivity contribution < 1.29 is 18.6 Å². The minimum atomic E-state index is -3.81. The number of aromatic hydroxyl groups is 1. The van der Waals surface area contributed by atoms with Gasteiger partial charge in [0.15, 0.2) is 5.84 Å². The zero-order chi connectivity index (χ0) is 18.9. The number of rotatable bonds is 4. The number of aliphatic hydroxyl groups is 1. The maximum Gasteiger partial charge on any atom is 0.285 e. The number of phenolic OH excluding ortho intramolecular Hbond substituents is 1. The van der Waals surface area contributed by atoms with Gasteiger partial charge in [-0.25, -0.2) is 5.01 Å². The standard InChI is InChI=1S/C17H16BrN3O4S/c1-11(10-22)21(19-9-12-8-13(18)6-7-15(12)23)17-14-4-2-3-5-16(14)26(24,25)20-17/h2-9,11,22-23H,10H2,1H3/b19-9+. The molecule has 26 heavy (non-hydrogen) atoms. The molecule has 0 fully saturated rings. The minimum absolute atomic E-state index is 0.0231. The second-order valence-corrected chi connectivity index (χ2v) is 8.20. The van der Waals surface area contributed by atoms with Crippen LogP contribution in [-0.4, -0.2) is 48.3 Å². The lowest BCUT2D eigenvalue weighted by Gasteiger charge is -2.24. The first-order valence-corrected chi connectivity index (χ1v) is 9.94. The molecule has 3 rings (SSSR count). The molecule has 2 aromatic carbocycles. The molecule has 2 aromatic rings. The Balaban J connectivity index is 2.06. The average Bonchev–Trinajstić information content (AvgIpc) is 2.89. The van der Waals surface area contributed by atoms with E-state index in [-0.39, 0.29) is 23.1 Å². The summed E-state index contributed by atoms with van der Waals surface area (Å²) in [6.45, 7) is 1.43. The second-order valence-electron chi connectivity index (χ2n) is 5.71. The molecule has 1 aliphatic rings. The third kappa shape index (κ3) is 3.50. The van der Waals surface area contributed by atoms with Gasteiger partial charge in [-0.3, -0.25) is 0 Å². The molecule has 0 aliphatic carbocycles. The number of aliphatic hydroxyl groups excluding tert-OH is 1. The van der Waals surface area contributed by atoms with E-state index < -0.39 is 16.1 Å². The van der Waals surface area contributed by atoms with Crippen LogP contribution in [0.1, 0.15) is 18.1 Å². The van der Waals surface area contributed by atoms with E-state index in [0.29, 0.717) is 11.1 Å². The predicted molar refractivity (Wildman–Crippen MR) is 102 cm³/mol. The van der Waals surface area contributed by atoms with E-state index in [1.165, 1.54) is 23.4 Å². The predicted octanol–water partition coefficient (Wildman–Crippen LogP) is 2.32. The van der Waals surface area contributed by atoms with Crippen LogP contribution in [0.15, 0.2) is 61.3 Å². The molecule has 0 aromatic heterocycles. The van der Waals surface area contributed by atoms with Gasteiger partial charge >= 0.3 is 0 Å². The number of fused-ring (bicyclic) bond motifs is 1. The fraction of sp³-hybridized carbons (Fsp3) is 0.176. The molecule has 0 radical (unpaired) electrons. The topological polar surface area (TPSA) is 103 Å². The summed E-state index contributed by atoms with van der Waals surface area (Å²) in [6, 6.07) is 10.8. The van der Waals surface area contributed by atoms with Crippen molar-refractivity contribution in [3.05, 3.63) is 58.1 Å². The number of amidine groups is 1. The van der Waals surface area contributed by atoms with Crippen LogP contribution in [-0.2, 0) is 10.0 Å². The summed E-state index contributed by atoms with van der Waals surface area (Å²) in [6.07, 6.45) is 1.39. The highest BCUT2D eigenvalue weighted by atomic mass is 79.9. The summed E-state index contributed by atoms with van der Waals surface area (Å²) in [4.78, 5) is 0.102. The summed E-state index contributed by atoms with van der Waals surface area (Å²) in [5.41, 5.74) is 0.854. The third-order valence-corrected chi connectivity index (χ3v) is 5.64. The molecule has 136 valence electrons. The largest absolute Gasteiger partial charge is 0.507 e. The van der Waals surface area contributed by atoms with Crippen molar-refractivity contribution in [3.8, 4) is 5.75 Å². The van der Waals surface area contributed by atoms with Crippen LogP contribution in [0.25, 0.3) is 0 Å². The zero-order valence-corrected chi connectivity index (χ0v) is 16.1. The van der Waals surface area contributed by atoms with E-state index >= 15 is 0 Å². The summed E-state index contributed by atoms with van der Waals surface area (Å²) >= 11 is 3.32. The Hall–Kier alpha value is -2.23. The third-order valence-electron chi connectivity index (χ3n) is 3.82. The first-order chi connectivity index (χ1) is 12.3. The Kier molecular flexibility index (Phi) is 5.12. The number of benzene rings is 2. The number of sulfonamides is 1. The number of hydrazone groups is 1. The van der Waals surface area contributed by atoms with Gasteiger partial charge in [0.05, 0.1) is 18.9 Å². The molecule has 0 saturated heterocycles. The Bertz CT molecular complexity index is 1000. The molecule has 9 heteroatoms. The minimum Gasteiger partial charge on any atom is -0.507 e. The van der Waals surface area contributed by atoms with E-state index in [1.807, 2.05) is 0 Å². The molecule has 0 amide bonds. The van der Waals surface area contributed by atoms with Gasteiger partial charge in [0.1, 0.15) is 10.6 Å². The summed E-state index contributed by atoms with van der Waals surface area (Å²) in [5, 5.41) is 25.1. The number of phenols is 1. The van der Waals surface area contributed by atoms with E-state index in [9.17, 15) is 18.6 Å². The van der Waals surface area contributed by atoms with Gasteiger partial charge in [0, 0.05) is 15.6 Å². The maximum absolute atomic E-state index is 12.3. The number of hydrogen-bond donors (Lipinski definition) is 2. The number of nitrogens with zero attached hydrogens (tertiary/aromatic N) is 3. The van der Waals surface area contributed by atoms with Gasteiger partial charge in [-0.15, -0.1) is 4.40 Å². The molecule has 1 aliphatic heterocycles. The van der Waals surface area contributed by atoms with Gasteiger partial charge in [0.2, 0.25) is 0 Å². The van der Waals surface area contributed by atoms with Crippen LogP contribution in [0.2, 0.25) is 0 Å². The van der Waals surface area contributed by atoms with E-state index in [0.717, 1.165) is 4.47 Å². The smallest absolute Gasteiger partial charge is 0.285 e. The molecule has 1 unspecified atom stereocenters. The lowest BCUT2D eigenvalue weighted by atomic mass is 10.2. The molecule has 2 N–H and O–H groups in total. The lowest BCUT2D eigenvalue weighted by Crippen LogP contribution is -2.36. The molecule has 1 heterocycles. The Morgan fingerprint density at radius 3 is 2.77 bits per heavy atom. The van der Waals surface area contributed by atoms with Gasteiger partial charge in [-0.1, -0.05) is 28.1 Å². The first kappa shape index (κ1) is 18.6. The van der Waals surface area contributed by atoms with Crippen LogP contribution < -0.4 is 0 Å². The summed E-state index contributed by atoms with van der Waals surface area (Å²) in [5.74, 6) is 0.155. The van der Waals surface area contributed by atoms with E-state index in [4.69, 9.17) is 0 Å². The van der Waals surface area contributed by atoms with Gasteiger partial charge in [-0.2, -0.15) is 13.5 Å². The van der Waals surface area contributed by atoms with Gasteiger partial charge < -0.3 is 10.2 Å². The van der Waals surface area contributed by atoms with Crippen LogP contribution in [0.4, 0.5) is 0 Å². The van der Waals surface area contributed by atoms with Gasteiger partial charge in [-0.05, 0) is 37.3 Å². The molecule has 0 saturated carbocycles. The quantitative estimate of drug-likeness (QED) is 0.564. The van der Waals surface area contributed by atoms with Crippen molar-refractivity contribution in [1.82, 2.24) is 5.01 Å². The summed E-state index contributed by atoms with van der Waals surface area (Å²) in [7, 11) is -3.81. The Labute approximate surface area is 159 Å². The molecule has 0 bridgehead atoms. The van der Waals surface area contributed by atoms with Gasteiger partial charge in [0.25, 0.3) is 10.0 Å². The first-order valence-electron chi connectivity index (χ1n) is 7.70. The highest BCUT2D eigenvalue weighted by Crippen LogP contribution is 2.28. The SMILES string of the molecule is CC(CO)N(/N=C/c1cc(Br)ccc1O)C1=NS(=O)(=O)c2ccccc21. The van der Waals surface area contributed by atoms with E-state index in [1.54, 1.807) is 37.3 Å². The lowest BCUT2D eigenvalue weighted by molar-refractivity contribution is 0.196. The second kappa shape index (κ2) is 7.18. The molecule has 7 nitrogen and oxygen atoms in total. The molecular weight excluding hydrogens is 422 g/mol. The fourth-order valence-corrected chi connectivity index (χ4v) is 4.04. The average molecular weight is 438 g/mol. The Morgan fingerprint density at radius 1 is 1.31 bits per heavy atom. The van der Waals surface area contributed by atoms with Crippen LogP contribution in [0.3, 0.4) is 0 Å². The van der Waals surface area contributed by atoms with Crippen LogP contribution in [0.5, 0.6) is 5.75 Å². The maximum atomic E-state index is 12.3. The van der Waals surface area contributed by atoms with Crippen molar-refractivity contribution >= 4 is 38.0 Å².